The van der Waals surface area contributed by atoms with Gasteiger partial charge in [0.15, 0.2) is 5.69 Å². The molecule has 6 heteroatoms. The van der Waals surface area contributed by atoms with Crippen molar-refractivity contribution in [3.05, 3.63) is 77.1 Å². The van der Waals surface area contributed by atoms with Gasteiger partial charge >= 0.3 is 0 Å². The number of aryl methyl sites for hydroxylation is 2. The fourth-order valence-electron chi connectivity index (χ4n) is 3.48. The van der Waals surface area contributed by atoms with Crippen molar-refractivity contribution in [2.75, 3.05) is 0 Å². The molecular formula is C22H20N4O2. The van der Waals surface area contributed by atoms with Gasteiger partial charge in [-0.3, -0.25) is 4.79 Å². The van der Waals surface area contributed by atoms with Crippen LogP contribution in [0.5, 0.6) is 5.88 Å². The smallest absolute Gasteiger partial charge is 0.297 e. The molecule has 2 heterocycles. The average Bonchev–Trinajstić information content (AvgIpc) is 3.15. The Balaban J connectivity index is 1.70. The highest BCUT2D eigenvalue weighted by molar-refractivity contribution is 5.98. The number of azo groups is 1. The number of hydrogen-bond acceptors (Lipinski definition) is 3. The van der Waals surface area contributed by atoms with Crippen LogP contribution in [0.2, 0.25) is 0 Å². The second-order valence-electron chi connectivity index (χ2n) is 6.83. The molecule has 2 aromatic carbocycles. The third-order valence-corrected chi connectivity index (χ3v) is 4.82. The zero-order valence-corrected chi connectivity index (χ0v) is 15.9. The zero-order valence-electron chi connectivity index (χ0n) is 15.9. The summed E-state index contributed by atoms with van der Waals surface area (Å²) in [4.78, 5) is 15.6. The molecule has 0 spiro atoms. The predicted molar refractivity (Wildman–Crippen MR) is 109 cm³/mol. The summed E-state index contributed by atoms with van der Waals surface area (Å²) >= 11 is 0. The Morgan fingerprint density at radius 1 is 1.04 bits per heavy atom. The lowest BCUT2D eigenvalue weighted by Crippen LogP contribution is -2.01. The van der Waals surface area contributed by atoms with Crippen LogP contribution < -0.4 is 0 Å². The number of para-hydroxylation sites is 1. The van der Waals surface area contributed by atoms with Gasteiger partial charge in [-0.2, -0.15) is 0 Å². The Kier molecular flexibility index (Phi) is 4.31. The fourth-order valence-corrected chi connectivity index (χ4v) is 3.48. The molecule has 0 aliphatic heterocycles. The van der Waals surface area contributed by atoms with Gasteiger partial charge in [-0.25, -0.2) is 0 Å². The SMILES string of the molecule is Cc1ccc2[nH]c(O)c(N=NC(=O)c3cc(C)n(-c4ccccc4)c3C)c2c1. The highest BCUT2D eigenvalue weighted by Gasteiger charge is 2.17. The van der Waals surface area contributed by atoms with Gasteiger partial charge in [-0.15, -0.1) is 10.2 Å². The first-order valence-electron chi connectivity index (χ1n) is 8.97. The van der Waals surface area contributed by atoms with E-state index in [0.29, 0.717) is 5.56 Å². The molecule has 6 nitrogen and oxygen atoms in total. The molecule has 0 unspecified atom stereocenters. The standard InChI is InChI=1S/C22H20N4O2/c1-13-9-10-19-18(11-13)20(22(28)23-19)24-25-21(27)17-12-14(2)26(15(17)3)16-7-5-4-6-8-16/h4-12,23,28H,1-3H3. The molecule has 0 aliphatic rings. The topological polar surface area (TPSA) is 82.7 Å². The lowest BCUT2D eigenvalue weighted by Gasteiger charge is -2.08. The van der Waals surface area contributed by atoms with E-state index in [2.05, 4.69) is 15.2 Å². The van der Waals surface area contributed by atoms with E-state index in [0.717, 1.165) is 33.5 Å². The van der Waals surface area contributed by atoms with E-state index >= 15 is 0 Å². The number of aromatic hydroxyl groups is 1. The van der Waals surface area contributed by atoms with Crippen LogP contribution in [-0.4, -0.2) is 20.6 Å². The number of rotatable bonds is 3. The minimum atomic E-state index is -0.448. The fraction of sp³-hybridized carbons (Fsp3) is 0.136. The molecule has 4 aromatic rings. The maximum absolute atomic E-state index is 12.7. The number of H-pyrrole nitrogens is 1. The molecule has 0 saturated carbocycles. The Morgan fingerprint density at radius 3 is 2.54 bits per heavy atom. The minimum Gasteiger partial charge on any atom is -0.493 e. The molecule has 2 aromatic heterocycles. The maximum atomic E-state index is 12.7. The third kappa shape index (κ3) is 2.99. The number of amides is 1. The minimum absolute atomic E-state index is 0.105. The van der Waals surface area contributed by atoms with Gasteiger partial charge in [-0.1, -0.05) is 29.8 Å². The summed E-state index contributed by atoms with van der Waals surface area (Å²) < 4.78 is 2.01. The van der Waals surface area contributed by atoms with Gasteiger partial charge in [0.05, 0.1) is 11.1 Å². The number of aromatic nitrogens is 2. The zero-order chi connectivity index (χ0) is 19.8. The summed E-state index contributed by atoms with van der Waals surface area (Å²) in [6.45, 7) is 5.78. The van der Waals surface area contributed by atoms with Gasteiger partial charge < -0.3 is 14.7 Å². The molecule has 0 aliphatic carbocycles. The average molecular weight is 372 g/mol. The first-order valence-corrected chi connectivity index (χ1v) is 8.97. The molecule has 0 saturated heterocycles. The molecular weight excluding hydrogens is 352 g/mol. The van der Waals surface area contributed by atoms with Crippen LogP contribution in [0.15, 0.2) is 64.8 Å². The van der Waals surface area contributed by atoms with Crippen LogP contribution in [-0.2, 0) is 0 Å². The lowest BCUT2D eigenvalue weighted by atomic mass is 10.1. The summed E-state index contributed by atoms with van der Waals surface area (Å²) in [5.74, 6) is -0.552. The van der Waals surface area contributed by atoms with Crippen LogP contribution in [0.3, 0.4) is 0 Å². The van der Waals surface area contributed by atoms with Crippen LogP contribution in [0, 0.1) is 20.8 Å². The van der Waals surface area contributed by atoms with E-state index in [1.54, 1.807) is 0 Å². The third-order valence-electron chi connectivity index (χ3n) is 4.82. The van der Waals surface area contributed by atoms with E-state index in [1.165, 1.54) is 0 Å². The van der Waals surface area contributed by atoms with Crippen LogP contribution in [0.25, 0.3) is 16.6 Å². The van der Waals surface area contributed by atoms with Gasteiger partial charge in [-0.05, 0) is 51.1 Å². The highest BCUT2D eigenvalue weighted by atomic mass is 16.3. The van der Waals surface area contributed by atoms with E-state index < -0.39 is 5.91 Å². The molecule has 140 valence electrons. The number of fused-ring (bicyclic) bond motifs is 1. The highest BCUT2D eigenvalue weighted by Crippen LogP contribution is 2.36. The molecule has 0 atom stereocenters. The largest absolute Gasteiger partial charge is 0.493 e. The monoisotopic (exact) mass is 372 g/mol. The summed E-state index contributed by atoms with van der Waals surface area (Å²) in [6, 6.07) is 17.3. The summed E-state index contributed by atoms with van der Waals surface area (Å²) in [5, 5.41) is 18.8. The molecule has 4 rings (SSSR count). The predicted octanol–water partition coefficient (Wildman–Crippen LogP) is 5.51. The normalized spacial score (nSPS) is 11.5. The van der Waals surface area contributed by atoms with Crippen molar-refractivity contribution in [3.63, 3.8) is 0 Å². The molecule has 0 radical (unpaired) electrons. The van der Waals surface area contributed by atoms with Gasteiger partial charge in [0.2, 0.25) is 5.88 Å². The van der Waals surface area contributed by atoms with Gasteiger partial charge in [0, 0.05) is 22.5 Å². The molecule has 28 heavy (non-hydrogen) atoms. The number of hydrogen-bond donors (Lipinski definition) is 2. The number of benzene rings is 2. The Morgan fingerprint density at radius 2 is 1.79 bits per heavy atom. The number of carbonyl (C=O) groups excluding carboxylic acids is 1. The van der Waals surface area contributed by atoms with Crippen molar-refractivity contribution in [2.24, 2.45) is 10.2 Å². The van der Waals surface area contributed by atoms with E-state index in [-0.39, 0.29) is 11.6 Å². The number of carbonyl (C=O) groups is 1. The van der Waals surface area contributed by atoms with Crippen molar-refractivity contribution in [1.82, 2.24) is 9.55 Å². The maximum Gasteiger partial charge on any atom is 0.297 e. The Labute approximate surface area is 162 Å². The summed E-state index contributed by atoms with van der Waals surface area (Å²) in [7, 11) is 0. The van der Waals surface area contributed by atoms with Gasteiger partial charge in [0.1, 0.15) is 0 Å². The second kappa shape index (κ2) is 6.81. The van der Waals surface area contributed by atoms with E-state index in [4.69, 9.17) is 0 Å². The lowest BCUT2D eigenvalue weighted by molar-refractivity contribution is 0.0994. The first-order chi connectivity index (χ1) is 13.5. The summed E-state index contributed by atoms with van der Waals surface area (Å²) in [6.07, 6.45) is 0. The van der Waals surface area contributed by atoms with Crippen LogP contribution in [0.4, 0.5) is 5.69 Å². The van der Waals surface area contributed by atoms with Crippen LogP contribution in [0.1, 0.15) is 27.3 Å². The summed E-state index contributed by atoms with van der Waals surface area (Å²) in [5.41, 5.74) is 5.25. The molecule has 2 N–H and O–H groups in total. The van der Waals surface area contributed by atoms with E-state index in [9.17, 15) is 9.90 Å². The Bertz CT molecular complexity index is 1220. The number of nitrogens with zero attached hydrogens (tertiary/aromatic N) is 3. The number of aromatic amines is 1. The van der Waals surface area contributed by atoms with Gasteiger partial charge in [0.25, 0.3) is 5.91 Å². The Hall–Kier alpha value is -3.67. The van der Waals surface area contributed by atoms with Crippen molar-refractivity contribution >= 4 is 22.5 Å². The molecule has 0 bridgehead atoms. The number of nitrogens with one attached hydrogen (secondary N) is 1. The van der Waals surface area contributed by atoms with Crippen molar-refractivity contribution in [1.29, 1.82) is 0 Å². The van der Waals surface area contributed by atoms with Crippen molar-refractivity contribution in [2.45, 2.75) is 20.8 Å². The van der Waals surface area contributed by atoms with E-state index in [1.807, 2.05) is 79.9 Å². The first kappa shape index (κ1) is 17.7. The van der Waals surface area contributed by atoms with Crippen LogP contribution >= 0.6 is 0 Å². The molecule has 0 fully saturated rings. The second-order valence-corrected chi connectivity index (χ2v) is 6.83. The van der Waals surface area contributed by atoms with Crippen molar-refractivity contribution < 1.29 is 9.90 Å². The molecule has 1 amide bonds. The quantitative estimate of drug-likeness (QED) is 0.465. The van der Waals surface area contributed by atoms with Crippen molar-refractivity contribution in [3.8, 4) is 11.6 Å².